The molecule has 4 atom stereocenters. The molecule has 4 heteroatoms. The first kappa shape index (κ1) is 9.50. The van der Waals surface area contributed by atoms with Gasteiger partial charge in [-0.25, -0.2) is 0 Å². The SMILES string of the molecule is C[C@@H]1O[C@H](CO)[C@H]2OC(C)(C)B[C@H]21. The summed E-state index contributed by atoms with van der Waals surface area (Å²) in [5.41, 5.74) is -0.0409. The first-order valence-electron chi connectivity index (χ1n) is 4.97. The zero-order valence-corrected chi connectivity index (χ0v) is 8.49. The maximum absolute atomic E-state index is 9.10. The molecule has 2 aliphatic heterocycles. The lowest BCUT2D eigenvalue weighted by atomic mass is 9.53. The molecule has 74 valence electrons. The molecule has 2 fully saturated rings. The van der Waals surface area contributed by atoms with Crippen molar-refractivity contribution in [1.29, 1.82) is 0 Å². The van der Waals surface area contributed by atoms with Crippen LogP contribution in [0.3, 0.4) is 0 Å². The highest BCUT2D eigenvalue weighted by atomic mass is 16.6. The van der Waals surface area contributed by atoms with E-state index in [-0.39, 0.29) is 30.4 Å². The first-order valence-corrected chi connectivity index (χ1v) is 4.97. The van der Waals surface area contributed by atoms with Crippen LogP contribution in [-0.4, -0.2) is 42.8 Å². The average molecular weight is 184 g/mol. The Morgan fingerprint density at radius 3 is 2.77 bits per heavy atom. The van der Waals surface area contributed by atoms with E-state index >= 15 is 0 Å². The molecule has 0 aromatic rings. The van der Waals surface area contributed by atoms with Crippen LogP contribution >= 0.6 is 0 Å². The lowest BCUT2D eigenvalue weighted by molar-refractivity contribution is -0.0701. The van der Waals surface area contributed by atoms with Crippen LogP contribution in [0.1, 0.15) is 20.8 Å². The van der Waals surface area contributed by atoms with E-state index in [9.17, 15) is 0 Å². The highest BCUT2D eigenvalue weighted by Gasteiger charge is 2.52. The molecule has 0 spiro atoms. The van der Waals surface area contributed by atoms with Crippen molar-refractivity contribution in [2.24, 2.45) is 0 Å². The summed E-state index contributed by atoms with van der Waals surface area (Å²) in [5.74, 6) is 0.465. The maximum atomic E-state index is 9.10. The zero-order chi connectivity index (χ0) is 9.64. The molecule has 0 saturated carbocycles. The quantitative estimate of drug-likeness (QED) is 0.588. The van der Waals surface area contributed by atoms with Crippen LogP contribution in [0, 0.1) is 0 Å². The van der Waals surface area contributed by atoms with Gasteiger partial charge in [0.05, 0.1) is 18.8 Å². The van der Waals surface area contributed by atoms with Gasteiger partial charge in [-0.05, 0) is 26.6 Å². The summed E-state index contributed by atoms with van der Waals surface area (Å²) >= 11 is 0. The van der Waals surface area contributed by atoms with Crippen LogP contribution in [0.15, 0.2) is 0 Å². The number of hydrogen-bond donors (Lipinski definition) is 1. The molecule has 0 amide bonds. The van der Waals surface area contributed by atoms with Gasteiger partial charge in [-0.1, -0.05) is 0 Å². The Hall–Kier alpha value is -0.0551. The van der Waals surface area contributed by atoms with Gasteiger partial charge < -0.3 is 14.6 Å². The van der Waals surface area contributed by atoms with E-state index in [2.05, 4.69) is 20.8 Å². The Labute approximate surface area is 79.7 Å². The van der Waals surface area contributed by atoms with E-state index in [0.717, 1.165) is 7.28 Å². The predicted molar refractivity (Wildman–Crippen MR) is 51.3 cm³/mol. The van der Waals surface area contributed by atoms with E-state index in [0.29, 0.717) is 5.82 Å². The Morgan fingerprint density at radius 2 is 2.15 bits per heavy atom. The minimum absolute atomic E-state index is 0.0409. The highest BCUT2D eigenvalue weighted by molar-refractivity contribution is 6.43. The Balaban J connectivity index is 2.12. The van der Waals surface area contributed by atoms with Crippen molar-refractivity contribution in [2.45, 2.75) is 50.4 Å². The zero-order valence-electron chi connectivity index (χ0n) is 8.49. The predicted octanol–water partition coefficient (Wildman–Crippen LogP) is 0.126. The monoisotopic (exact) mass is 184 g/mol. The van der Waals surface area contributed by atoms with Gasteiger partial charge >= 0.3 is 0 Å². The number of aliphatic hydroxyl groups is 1. The molecular weight excluding hydrogens is 167 g/mol. The minimum atomic E-state index is -0.109. The number of ether oxygens (including phenoxy) is 2. The Bertz CT molecular complexity index is 207. The largest absolute Gasteiger partial charge is 0.394 e. The molecule has 0 aromatic carbocycles. The first-order chi connectivity index (χ1) is 6.03. The van der Waals surface area contributed by atoms with Crippen LogP contribution in [0.4, 0.5) is 0 Å². The summed E-state index contributed by atoms with van der Waals surface area (Å²) in [6, 6.07) is 0. The third-order valence-electron chi connectivity index (χ3n) is 3.14. The standard InChI is InChI=1S/C9H17BO3/c1-5-7-8(6(4-11)12-5)13-9(2,3)10-7/h5-8,10-11H,4H2,1-3H3/t5-,6+,7-,8+/m0/s1. The van der Waals surface area contributed by atoms with E-state index < -0.39 is 0 Å². The summed E-state index contributed by atoms with van der Waals surface area (Å²) in [7, 11) is 1.04. The molecule has 2 heterocycles. The van der Waals surface area contributed by atoms with Gasteiger partial charge in [0, 0.05) is 5.50 Å². The summed E-state index contributed by atoms with van der Waals surface area (Å²) in [4.78, 5) is 0. The average Bonchev–Trinajstić information content (AvgIpc) is 2.47. The summed E-state index contributed by atoms with van der Waals surface area (Å²) < 4.78 is 11.5. The summed E-state index contributed by atoms with van der Waals surface area (Å²) in [6.45, 7) is 6.35. The van der Waals surface area contributed by atoms with Crippen molar-refractivity contribution in [1.82, 2.24) is 0 Å². The Morgan fingerprint density at radius 1 is 1.46 bits per heavy atom. The van der Waals surface area contributed by atoms with E-state index in [1.165, 1.54) is 0 Å². The van der Waals surface area contributed by atoms with E-state index in [1.807, 2.05) is 0 Å². The second-order valence-electron chi connectivity index (χ2n) is 4.77. The van der Waals surface area contributed by atoms with E-state index in [1.54, 1.807) is 0 Å². The van der Waals surface area contributed by atoms with Gasteiger partial charge in [-0.3, -0.25) is 0 Å². The molecule has 0 aromatic heterocycles. The van der Waals surface area contributed by atoms with Crippen molar-refractivity contribution in [3.63, 3.8) is 0 Å². The van der Waals surface area contributed by atoms with Crippen molar-refractivity contribution in [2.75, 3.05) is 6.61 Å². The van der Waals surface area contributed by atoms with Gasteiger partial charge in [-0.15, -0.1) is 0 Å². The highest BCUT2D eigenvalue weighted by Crippen LogP contribution is 2.42. The minimum Gasteiger partial charge on any atom is -0.394 e. The van der Waals surface area contributed by atoms with Crippen LogP contribution in [-0.2, 0) is 9.47 Å². The summed E-state index contributed by atoms with van der Waals surface area (Å²) in [6.07, 6.45) is 0.223. The van der Waals surface area contributed by atoms with Crippen molar-refractivity contribution in [3.05, 3.63) is 0 Å². The second-order valence-corrected chi connectivity index (χ2v) is 4.77. The molecule has 13 heavy (non-hydrogen) atoms. The van der Waals surface area contributed by atoms with Crippen LogP contribution < -0.4 is 0 Å². The van der Waals surface area contributed by atoms with Gasteiger partial charge in [0.2, 0.25) is 0 Å². The molecule has 0 aliphatic carbocycles. The van der Waals surface area contributed by atoms with Crippen LogP contribution in [0.2, 0.25) is 5.82 Å². The van der Waals surface area contributed by atoms with Gasteiger partial charge in [0.15, 0.2) is 7.28 Å². The van der Waals surface area contributed by atoms with Gasteiger partial charge in [0.1, 0.15) is 6.10 Å². The second kappa shape index (κ2) is 2.97. The number of hydrogen-bond acceptors (Lipinski definition) is 3. The molecule has 0 radical (unpaired) electrons. The smallest absolute Gasteiger partial charge is 0.170 e. The number of rotatable bonds is 1. The molecule has 0 bridgehead atoms. The molecule has 3 nitrogen and oxygen atoms in total. The number of fused-ring (bicyclic) bond motifs is 1. The van der Waals surface area contributed by atoms with Gasteiger partial charge in [0.25, 0.3) is 0 Å². The normalized spacial score (nSPS) is 47.4. The lowest BCUT2D eigenvalue weighted by Crippen LogP contribution is -2.32. The molecular formula is C9H17BO3. The molecule has 1 N–H and O–H groups in total. The van der Waals surface area contributed by atoms with Crippen molar-refractivity contribution in [3.8, 4) is 0 Å². The fourth-order valence-corrected chi connectivity index (χ4v) is 2.57. The van der Waals surface area contributed by atoms with E-state index in [4.69, 9.17) is 14.6 Å². The van der Waals surface area contributed by atoms with Crippen LogP contribution in [0.5, 0.6) is 0 Å². The van der Waals surface area contributed by atoms with Crippen molar-refractivity contribution >= 4 is 7.28 Å². The third-order valence-corrected chi connectivity index (χ3v) is 3.14. The maximum Gasteiger partial charge on any atom is 0.170 e. The van der Waals surface area contributed by atoms with Crippen molar-refractivity contribution < 1.29 is 14.6 Å². The van der Waals surface area contributed by atoms with Gasteiger partial charge in [-0.2, -0.15) is 0 Å². The topological polar surface area (TPSA) is 38.7 Å². The Kier molecular flexibility index (Phi) is 2.17. The third kappa shape index (κ3) is 1.51. The lowest BCUT2D eigenvalue weighted by Gasteiger charge is -2.22. The summed E-state index contributed by atoms with van der Waals surface area (Å²) in [5, 5.41) is 9.10. The number of aliphatic hydroxyl groups excluding tert-OH is 1. The van der Waals surface area contributed by atoms with Crippen LogP contribution in [0.25, 0.3) is 0 Å². The fourth-order valence-electron chi connectivity index (χ4n) is 2.57. The fraction of sp³-hybridized carbons (Fsp3) is 1.00. The molecule has 2 rings (SSSR count). The molecule has 2 aliphatic rings. The molecule has 2 saturated heterocycles. The molecule has 0 unspecified atom stereocenters.